The maximum Gasteiger partial charge on any atom is 0.335 e. The van der Waals surface area contributed by atoms with Gasteiger partial charge in [0.2, 0.25) is 0 Å². The molecular formula is C16H22O6. The standard InChI is InChI=1S/C16H22O6/c1-16(2,3)22-14(18)9-13(17)15(19)21-10-11-5-7-12(20-4)8-6-11/h5-8,13,17H,9-10H2,1-4H3/t13-/m1/s1. The number of hydrogen-bond acceptors (Lipinski definition) is 6. The van der Waals surface area contributed by atoms with E-state index in [4.69, 9.17) is 14.2 Å². The molecule has 6 heteroatoms. The van der Waals surface area contributed by atoms with Crippen LogP contribution in [0.25, 0.3) is 0 Å². The highest BCUT2D eigenvalue weighted by Gasteiger charge is 2.24. The number of aliphatic hydroxyl groups excluding tert-OH is 1. The van der Waals surface area contributed by atoms with Gasteiger partial charge in [-0.05, 0) is 38.5 Å². The third-order valence-corrected chi connectivity index (χ3v) is 2.59. The molecule has 1 aromatic carbocycles. The Morgan fingerprint density at radius 2 is 1.77 bits per heavy atom. The van der Waals surface area contributed by atoms with Gasteiger partial charge in [0, 0.05) is 0 Å². The van der Waals surface area contributed by atoms with Crippen molar-refractivity contribution in [1.29, 1.82) is 0 Å². The molecule has 0 fully saturated rings. The fourth-order valence-electron chi connectivity index (χ4n) is 1.60. The quantitative estimate of drug-likeness (QED) is 0.807. The summed E-state index contributed by atoms with van der Waals surface area (Å²) in [7, 11) is 1.56. The van der Waals surface area contributed by atoms with Crippen molar-refractivity contribution in [2.45, 2.75) is 45.5 Å². The fourth-order valence-corrected chi connectivity index (χ4v) is 1.60. The van der Waals surface area contributed by atoms with Gasteiger partial charge in [-0.1, -0.05) is 12.1 Å². The van der Waals surface area contributed by atoms with Crippen LogP contribution in [0.3, 0.4) is 0 Å². The minimum Gasteiger partial charge on any atom is -0.497 e. The van der Waals surface area contributed by atoms with Crippen LogP contribution in [0.1, 0.15) is 32.8 Å². The first-order valence-corrected chi connectivity index (χ1v) is 6.91. The molecule has 1 atom stereocenters. The van der Waals surface area contributed by atoms with Gasteiger partial charge in [-0.15, -0.1) is 0 Å². The van der Waals surface area contributed by atoms with Gasteiger partial charge in [0.15, 0.2) is 6.10 Å². The van der Waals surface area contributed by atoms with Crippen molar-refractivity contribution >= 4 is 11.9 Å². The molecule has 0 aromatic heterocycles. The van der Waals surface area contributed by atoms with Crippen molar-refractivity contribution in [3.63, 3.8) is 0 Å². The Bertz CT molecular complexity index is 500. The van der Waals surface area contributed by atoms with Gasteiger partial charge < -0.3 is 19.3 Å². The molecule has 0 aliphatic heterocycles. The molecule has 1 rings (SSSR count). The van der Waals surface area contributed by atoms with Crippen LogP contribution in [0.5, 0.6) is 5.75 Å². The number of carbonyl (C=O) groups is 2. The van der Waals surface area contributed by atoms with E-state index in [1.54, 1.807) is 52.1 Å². The molecule has 1 aromatic rings. The molecule has 0 heterocycles. The van der Waals surface area contributed by atoms with Gasteiger partial charge in [-0.25, -0.2) is 4.79 Å². The number of ether oxygens (including phenoxy) is 3. The second-order valence-corrected chi connectivity index (χ2v) is 5.76. The van der Waals surface area contributed by atoms with Crippen LogP contribution in [0.15, 0.2) is 24.3 Å². The first-order valence-electron chi connectivity index (χ1n) is 6.91. The summed E-state index contributed by atoms with van der Waals surface area (Å²) in [5, 5.41) is 9.65. The van der Waals surface area contributed by atoms with Gasteiger partial charge in [0.1, 0.15) is 18.0 Å². The Balaban J connectivity index is 2.42. The molecule has 0 aliphatic carbocycles. The molecular weight excluding hydrogens is 288 g/mol. The summed E-state index contributed by atoms with van der Waals surface area (Å²) >= 11 is 0. The number of carbonyl (C=O) groups excluding carboxylic acids is 2. The van der Waals surface area contributed by atoms with Crippen molar-refractivity contribution in [3.8, 4) is 5.75 Å². The molecule has 0 radical (unpaired) electrons. The topological polar surface area (TPSA) is 82.1 Å². The SMILES string of the molecule is COc1ccc(COC(=O)[C@H](O)CC(=O)OC(C)(C)C)cc1. The monoisotopic (exact) mass is 310 g/mol. The molecule has 0 amide bonds. The van der Waals surface area contributed by atoms with Crippen LogP contribution < -0.4 is 4.74 Å². The summed E-state index contributed by atoms with van der Waals surface area (Å²) < 4.78 is 15.0. The average molecular weight is 310 g/mol. The van der Waals surface area contributed by atoms with Crippen molar-refractivity contribution < 1.29 is 28.9 Å². The Hall–Kier alpha value is -2.08. The van der Waals surface area contributed by atoms with E-state index in [0.717, 1.165) is 5.56 Å². The van der Waals surface area contributed by atoms with Gasteiger partial charge in [0.25, 0.3) is 0 Å². The van der Waals surface area contributed by atoms with E-state index < -0.39 is 30.1 Å². The van der Waals surface area contributed by atoms with Crippen LogP contribution in [0.2, 0.25) is 0 Å². The smallest absolute Gasteiger partial charge is 0.335 e. The summed E-state index contributed by atoms with van der Waals surface area (Å²) in [6, 6.07) is 6.96. The molecule has 0 saturated carbocycles. The van der Waals surface area contributed by atoms with Crippen LogP contribution in [0.4, 0.5) is 0 Å². The molecule has 0 bridgehead atoms. The van der Waals surface area contributed by atoms with Crippen LogP contribution in [-0.2, 0) is 25.7 Å². The van der Waals surface area contributed by atoms with Gasteiger partial charge >= 0.3 is 11.9 Å². The molecule has 122 valence electrons. The zero-order valence-corrected chi connectivity index (χ0v) is 13.3. The van der Waals surface area contributed by atoms with Crippen molar-refractivity contribution in [2.24, 2.45) is 0 Å². The lowest BCUT2D eigenvalue weighted by atomic mass is 10.2. The molecule has 22 heavy (non-hydrogen) atoms. The summed E-state index contributed by atoms with van der Waals surface area (Å²) in [4.78, 5) is 23.2. The Kier molecular flexibility index (Phi) is 6.37. The third kappa shape index (κ3) is 6.58. The van der Waals surface area contributed by atoms with Crippen LogP contribution >= 0.6 is 0 Å². The van der Waals surface area contributed by atoms with E-state index in [1.165, 1.54) is 0 Å². The highest BCUT2D eigenvalue weighted by atomic mass is 16.6. The number of aliphatic hydroxyl groups is 1. The second-order valence-electron chi connectivity index (χ2n) is 5.76. The summed E-state index contributed by atoms with van der Waals surface area (Å²) in [6.07, 6.45) is -1.97. The average Bonchev–Trinajstić information content (AvgIpc) is 2.43. The molecule has 0 saturated heterocycles. The lowest BCUT2D eigenvalue weighted by Gasteiger charge is -2.20. The lowest BCUT2D eigenvalue weighted by molar-refractivity contribution is -0.166. The van der Waals surface area contributed by atoms with Crippen molar-refractivity contribution in [1.82, 2.24) is 0 Å². The maximum atomic E-state index is 11.6. The second kappa shape index (κ2) is 7.79. The Morgan fingerprint density at radius 3 is 2.27 bits per heavy atom. The van der Waals surface area contributed by atoms with Gasteiger partial charge in [-0.2, -0.15) is 0 Å². The summed E-state index contributed by atoms with van der Waals surface area (Å²) in [5.74, 6) is -0.817. The Labute approximate surface area is 130 Å². The lowest BCUT2D eigenvalue weighted by Crippen LogP contribution is -2.30. The normalized spacial score (nSPS) is 12.4. The molecule has 0 unspecified atom stereocenters. The van der Waals surface area contributed by atoms with E-state index in [0.29, 0.717) is 5.75 Å². The minimum atomic E-state index is -1.53. The zero-order valence-electron chi connectivity index (χ0n) is 13.3. The summed E-state index contributed by atoms with van der Waals surface area (Å²) in [6.45, 7) is 5.13. The molecule has 0 spiro atoms. The Morgan fingerprint density at radius 1 is 1.18 bits per heavy atom. The van der Waals surface area contributed by atoms with E-state index >= 15 is 0 Å². The molecule has 6 nitrogen and oxygen atoms in total. The molecule has 0 aliphatic rings. The largest absolute Gasteiger partial charge is 0.497 e. The molecule has 1 N–H and O–H groups in total. The maximum absolute atomic E-state index is 11.6. The van der Waals surface area contributed by atoms with Crippen LogP contribution in [0, 0.1) is 0 Å². The number of methoxy groups -OCH3 is 1. The van der Waals surface area contributed by atoms with Gasteiger partial charge in [-0.3, -0.25) is 4.79 Å². The van der Waals surface area contributed by atoms with E-state index in [9.17, 15) is 14.7 Å². The third-order valence-electron chi connectivity index (χ3n) is 2.59. The van der Waals surface area contributed by atoms with Crippen molar-refractivity contribution in [3.05, 3.63) is 29.8 Å². The summed E-state index contributed by atoms with van der Waals surface area (Å²) in [5.41, 5.74) is 0.0858. The highest BCUT2D eigenvalue weighted by Crippen LogP contribution is 2.13. The first-order chi connectivity index (χ1) is 10.2. The van der Waals surface area contributed by atoms with E-state index in [2.05, 4.69) is 0 Å². The number of benzene rings is 1. The zero-order chi connectivity index (χ0) is 16.8. The number of hydrogen-bond donors (Lipinski definition) is 1. The highest BCUT2D eigenvalue weighted by molar-refractivity contribution is 5.81. The first kappa shape index (κ1) is 18.0. The minimum absolute atomic E-state index is 0.00814. The van der Waals surface area contributed by atoms with Crippen LogP contribution in [-0.4, -0.2) is 35.9 Å². The van der Waals surface area contributed by atoms with E-state index in [1.807, 2.05) is 0 Å². The number of rotatable bonds is 6. The predicted octanol–water partition coefficient (Wildman–Crippen LogP) is 1.83. The van der Waals surface area contributed by atoms with E-state index in [-0.39, 0.29) is 6.61 Å². The number of esters is 2. The van der Waals surface area contributed by atoms with Gasteiger partial charge in [0.05, 0.1) is 13.5 Å². The predicted molar refractivity (Wildman–Crippen MR) is 79.3 cm³/mol. The fraction of sp³-hybridized carbons (Fsp3) is 0.500. The van der Waals surface area contributed by atoms with Crippen molar-refractivity contribution in [2.75, 3.05) is 7.11 Å².